The van der Waals surface area contributed by atoms with Gasteiger partial charge in [-0.3, -0.25) is 9.59 Å². The van der Waals surface area contributed by atoms with Gasteiger partial charge in [-0.25, -0.2) is 0 Å². The van der Waals surface area contributed by atoms with Crippen LogP contribution in [0.4, 0.5) is 18.9 Å². The van der Waals surface area contributed by atoms with Gasteiger partial charge in [0, 0.05) is 17.8 Å². The van der Waals surface area contributed by atoms with E-state index in [4.69, 9.17) is 0 Å². The number of carbonyl (C=O) groups excluding carboxylic acids is 2. The number of halogens is 3. The Morgan fingerprint density at radius 3 is 2.27 bits per heavy atom. The first-order valence-corrected chi connectivity index (χ1v) is 10.2. The van der Waals surface area contributed by atoms with Crippen LogP contribution in [0.3, 0.4) is 0 Å². The van der Waals surface area contributed by atoms with Crippen LogP contribution in [-0.2, 0) is 12.7 Å². The number of rotatable bonds is 5. The van der Waals surface area contributed by atoms with E-state index in [-0.39, 0.29) is 17.2 Å². The Morgan fingerprint density at radius 2 is 1.45 bits per heavy atom. The highest BCUT2D eigenvalue weighted by atomic mass is 19.4. The van der Waals surface area contributed by atoms with Gasteiger partial charge in [0.1, 0.15) is 0 Å². The van der Waals surface area contributed by atoms with E-state index in [1.807, 2.05) is 42.5 Å². The first kappa shape index (κ1) is 22.1. The Bertz CT molecular complexity index is 1330. The number of benzene rings is 4. The Morgan fingerprint density at radius 1 is 0.758 bits per heavy atom. The summed E-state index contributed by atoms with van der Waals surface area (Å²) in [5, 5.41) is 7.39. The molecule has 0 aliphatic carbocycles. The maximum Gasteiger partial charge on any atom is 0.417 e. The van der Waals surface area contributed by atoms with Gasteiger partial charge in [0.25, 0.3) is 11.8 Å². The summed E-state index contributed by atoms with van der Waals surface area (Å²) >= 11 is 0. The summed E-state index contributed by atoms with van der Waals surface area (Å²) in [5.41, 5.74) is -0.0658. The predicted molar refractivity (Wildman–Crippen MR) is 121 cm³/mol. The summed E-state index contributed by atoms with van der Waals surface area (Å²) in [4.78, 5) is 25.2. The molecule has 0 aliphatic heterocycles. The quantitative estimate of drug-likeness (QED) is 0.391. The van der Waals surface area contributed by atoms with Gasteiger partial charge < -0.3 is 10.6 Å². The largest absolute Gasteiger partial charge is 0.417 e. The molecular formula is C26H19F3N2O2. The molecule has 0 saturated carbocycles. The number of carbonyl (C=O) groups is 2. The molecule has 166 valence electrons. The van der Waals surface area contributed by atoms with Crippen molar-refractivity contribution in [3.63, 3.8) is 0 Å². The molecule has 4 nitrogen and oxygen atoms in total. The molecule has 0 heterocycles. The Hall–Kier alpha value is -4.13. The van der Waals surface area contributed by atoms with Crippen molar-refractivity contribution in [2.24, 2.45) is 0 Å². The average Bonchev–Trinajstić information content (AvgIpc) is 2.82. The smallest absolute Gasteiger partial charge is 0.348 e. The number of anilines is 1. The van der Waals surface area contributed by atoms with E-state index in [1.165, 1.54) is 24.3 Å². The van der Waals surface area contributed by atoms with Crippen LogP contribution in [0.25, 0.3) is 10.8 Å². The first-order valence-electron chi connectivity index (χ1n) is 10.2. The minimum Gasteiger partial charge on any atom is -0.348 e. The van der Waals surface area contributed by atoms with Crippen molar-refractivity contribution < 1.29 is 22.8 Å². The fourth-order valence-electron chi connectivity index (χ4n) is 3.59. The Kier molecular flexibility index (Phi) is 6.13. The molecule has 2 N–H and O–H groups in total. The standard InChI is InChI=1S/C26H19F3N2O2/c27-26(28,29)23-14-4-3-13-22(23)25(33)31-20-11-6-9-18(15-20)24(32)30-16-19-10-5-8-17-7-1-2-12-21(17)19/h1-15H,16H2,(H,30,32)(H,31,33). The number of alkyl halides is 3. The molecule has 0 fully saturated rings. The van der Waals surface area contributed by atoms with Crippen LogP contribution >= 0.6 is 0 Å². The third-order valence-electron chi connectivity index (χ3n) is 5.18. The van der Waals surface area contributed by atoms with E-state index in [9.17, 15) is 22.8 Å². The molecule has 4 rings (SSSR count). The minimum atomic E-state index is -4.66. The van der Waals surface area contributed by atoms with E-state index < -0.39 is 23.2 Å². The Labute approximate surface area is 188 Å². The van der Waals surface area contributed by atoms with Crippen molar-refractivity contribution in [3.05, 3.63) is 113 Å². The molecule has 0 saturated heterocycles. The minimum absolute atomic E-state index is 0.217. The molecule has 33 heavy (non-hydrogen) atoms. The van der Waals surface area contributed by atoms with Gasteiger partial charge in [0.2, 0.25) is 0 Å². The SMILES string of the molecule is O=C(NCc1cccc2ccccc12)c1cccc(NC(=O)c2ccccc2C(F)(F)F)c1. The fourth-order valence-corrected chi connectivity index (χ4v) is 3.59. The molecule has 2 amide bonds. The lowest BCUT2D eigenvalue weighted by molar-refractivity contribution is -0.137. The van der Waals surface area contributed by atoms with Crippen LogP contribution in [0.5, 0.6) is 0 Å². The molecule has 0 unspecified atom stereocenters. The third-order valence-corrected chi connectivity index (χ3v) is 5.18. The molecule has 4 aromatic rings. The number of fused-ring (bicyclic) bond motifs is 1. The van der Waals surface area contributed by atoms with Crippen molar-refractivity contribution in [1.82, 2.24) is 5.32 Å². The zero-order valence-electron chi connectivity index (χ0n) is 17.3. The van der Waals surface area contributed by atoms with E-state index in [1.54, 1.807) is 12.1 Å². The lowest BCUT2D eigenvalue weighted by Gasteiger charge is -2.13. The summed E-state index contributed by atoms with van der Waals surface area (Å²) in [7, 11) is 0. The van der Waals surface area contributed by atoms with Gasteiger partial charge in [-0.1, -0.05) is 60.7 Å². The van der Waals surface area contributed by atoms with Crippen LogP contribution < -0.4 is 10.6 Å². The summed E-state index contributed by atoms with van der Waals surface area (Å²) in [6.07, 6.45) is -4.66. The summed E-state index contributed by atoms with van der Waals surface area (Å²) < 4.78 is 39.6. The zero-order chi connectivity index (χ0) is 23.4. The van der Waals surface area contributed by atoms with Gasteiger partial charge in [-0.2, -0.15) is 13.2 Å². The highest BCUT2D eigenvalue weighted by molar-refractivity contribution is 6.06. The zero-order valence-corrected chi connectivity index (χ0v) is 17.3. The molecule has 0 aromatic heterocycles. The molecule has 0 bridgehead atoms. The van der Waals surface area contributed by atoms with Crippen molar-refractivity contribution >= 4 is 28.3 Å². The average molecular weight is 448 g/mol. The number of hydrogen-bond acceptors (Lipinski definition) is 2. The van der Waals surface area contributed by atoms with E-state index >= 15 is 0 Å². The molecule has 0 atom stereocenters. The highest BCUT2D eigenvalue weighted by Crippen LogP contribution is 2.32. The molecule has 0 radical (unpaired) electrons. The Balaban J connectivity index is 1.48. The highest BCUT2D eigenvalue weighted by Gasteiger charge is 2.34. The maximum absolute atomic E-state index is 13.2. The normalized spacial score (nSPS) is 11.2. The second kappa shape index (κ2) is 9.16. The third kappa shape index (κ3) is 5.03. The fraction of sp³-hybridized carbons (Fsp3) is 0.0769. The lowest BCUT2D eigenvalue weighted by Crippen LogP contribution is -2.23. The molecule has 7 heteroatoms. The summed E-state index contributed by atoms with van der Waals surface area (Å²) in [6, 6.07) is 24.3. The van der Waals surface area contributed by atoms with Crippen LogP contribution in [-0.4, -0.2) is 11.8 Å². The first-order chi connectivity index (χ1) is 15.8. The van der Waals surface area contributed by atoms with Crippen LogP contribution in [0.1, 0.15) is 31.8 Å². The second-order valence-electron chi connectivity index (χ2n) is 7.40. The van der Waals surface area contributed by atoms with Gasteiger partial charge >= 0.3 is 6.18 Å². The second-order valence-corrected chi connectivity index (χ2v) is 7.40. The van der Waals surface area contributed by atoms with Gasteiger partial charge in [-0.05, 0) is 46.7 Å². The van der Waals surface area contributed by atoms with Crippen molar-refractivity contribution in [3.8, 4) is 0 Å². The van der Waals surface area contributed by atoms with Crippen molar-refractivity contribution in [2.75, 3.05) is 5.32 Å². The maximum atomic E-state index is 13.2. The lowest BCUT2D eigenvalue weighted by atomic mass is 10.0. The van der Waals surface area contributed by atoms with Crippen molar-refractivity contribution in [1.29, 1.82) is 0 Å². The predicted octanol–water partition coefficient (Wildman–Crippen LogP) is 6.04. The van der Waals surface area contributed by atoms with E-state index in [0.717, 1.165) is 28.5 Å². The van der Waals surface area contributed by atoms with Crippen LogP contribution in [0.2, 0.25) is 0 Å². The number of nitrogens with one attached hydrogen (secondary N) is 2. The summed E-state index contributed by atoms with van der Waals surface area (Å²) in [6.45, 7) is 0.301. The van der Waals surface area contributed by atoms with Gasteiger partial charge in [0.15, 0.2) is 0 Å². The molecular weight excluding hydrogens is 429 g/mol. The van der Waals surface area contributed by atoms with Crippen LogP contribution in [0.15, 0.2) is 91.0 Å². The molecule has 4 aromatic carbocycles. The monoisotopic (exact) mass is 448 g/mol. The van der Waals surface area contributed by atoms with Crippen LogP contribution in [0, 0.1) is 0 Å². The van der Waals surface area contributed by atoms with E-state index in [0.29, 0.717) is 6.54 Å². The molecule has 0 aliphatic rings. The van der Waals surface area contributed by atoms with Gasteiger partial charge in [0.05, 0.1) is 11.1 Å². The van der Waals surface area contributed by atoms with E-state index in [2.05, 4.69) is 10.6 Å². The van der Waals surface area contributed by atoms with Gasteiger partial charge in [-0.15, -0.1) is 0 Å². The number of amides is 2. The molecule has 0 spiro atoms. The topological polar surface area (TPSA) is 58.2 Å². The van der Waals surface area contributed by atoms with Crippen molar-refractivity contribution in [2.45, 2.75) is 12.7 Å². The number of hydrogen-bond donors (Lipinski definition) is 2. The summed E-state index contributed by atoms with van der Waals surface area (Å²) in [5.74, 6) is -1.27.